The monoisotopic (exact) mass is 708 g/mol. The van der Waals surface area contributed by atoms with Crippen molar-refractivity contribution in [2.24, 2.45) is 0 Å². The summed E-state index contributed by atoms with van der Waals surface area (Å²) in [5.41, 5.74) is -2.07. The highest BCUT2D eigenvalue weighted by atomic mass is 35.5. The number of aromatic amines is 1. The second-order valence-corrected chi connectivity index (χ2v) is 11.8. The normalized spacial score (nSPS) is 16.6. The van der Waals surface area contributed by atoms with E-state index in [4.69, 9.17) is 39.7 Å². The number of methoxy groups -OCH3 is 4. The van der Waals surface area contributed by atoms with E-state index < -0.39 is 41.3 Å². The maximum absolute atomic E-state index is 14.4. The second kappa shape index (κ2) is 12.9. The van der Waals surface area contributed by atoms with Gasteiger partial charge in [-0.2, -0.15) is 13.2 Å². The van der Waals surface area contributed by atoms with E-state index >= 15 is 0 Å². The Morgan fingerprint density at radius 3 is 2.27 bits per heavy atom. The fourth-order valence-corrected chi connectivity index (χ4v) is 6.60. The number of amides is 2. The molecule has 17 heteroatoms. The molecule has 0 saturated carbocycles. The molecule has 6 rings (SSSR count). The van der Waals surface area contributed by atoms with Gasteiger partial charge >= 0.3 is 18.2 Å². The Kier molecular flexibility index (Phi) is 8.96. The first kappa shape index (κ1) is 34.0. The number of ether oxygens (including phenoxy) is 5. The van der Waals surface area contributed by atoms with Crippen LogP contribution >= 0.6 is 11.6 Å². The van der Waals surface area contributed by atoms with Crippen LogP contribution < -0.4 is 23.8 Å². The van der Waals surface area contributed by atoms with Crippen LogP contribution in [0.3, 0.4) is 0 Å². The Hall–Kier alpha value is -4.83. The Morgan fingerprint density at radius 2 is 1.67 bits per heavy atom. The topological polar surface area (TPSA) is 136 Å². The summed E-state index contributed by atoms with van der Waals surface area (Å²) in [5.74, 6) is -2.61. The summed E-state index contributed by atoms with van der Waals surface area (Å²) in [6.07, 6.45) is -5.84. The third-order valence-electron chi connectivity index (χ3n) is 8.75. The van der Waals surface area contributed by atoms with Crippen LogP contribution in [0.15, 0.2) is 22.6 Å². The molecule has 1 fully saturated rings. The summed E-state index contributed by atoms with van der Waals surface area (Å²) in [6, 6.07) is 4.35. The molecule has 0 aliphatic carbocycles. The van der Waals surface area contributed by atoms with E-state index in [-0.39, 0.29) is 63.2 Å². The third kappa shape index (κ3) is 5.71. The van der Waals surface area contributed by atoms with Crippen LogP contribution in [-0.4, -0.2) is 107 Å². The van der Waals surface area contributed by atoms with Crippen molar-refractivity contribution in [2.75, 3.05) is 79.0 Å². The van der Waals surface area contributed by atoms with Gasteiger partial charge in [-0.05, 0) is 24.7 Å². The number of furan rings is 1. The van der Waals surface area contributed by atoms with E-state index in [2.05, 4.69) is 4.98 Å². The highest BCUT2D eigenvalue weighted by molar-refractivity contribution is 6.20. The lowest BCUT2D eigenvalue weighted by Crippen LogP contribution is -2.48. The van der Waals surface area contributed by atoms with Crippen molar-refractivity contribution in [2.45, 2.75) is 12.1 Å². The quantitative estimate of drug-likeness (QED) is 0.194. The molecule has 4 aromatic rings. The Labute approximate surface area is 282 Å². The molecule has 13 nitrogen and oxygen atoms in total. The van der Waals surface area contributed by atoms with Crippen molar-refractivity contribution in [3.05, 3.63) is 40.8 Å². The Bertz CT molecular complexity index is 1970. The largest absolute Gasteiger partial charge is 0.493 e. The molecule has 4 heterocycles. The minimum absolute atomic E-state index is 0.0739. The minimum Gasteiger partial charge on any atom is -0.493 e. The van der Waals surface area contributed by atoms with E-state index in [1.807, 2.05) is 11.9 Å². The molecule has 0 spiro atoms. The van der Waals surface area contributed by atoms with E-state index in [9.17, 15) is 27.6 Å². The van der Waals surface area contributed by atoms with Crippen molar-refractivity contribution in [3.8, 4) is 23.0 Å². The van der Waals surface area contributed by atoms with Crippen LogP contribution in [0, 0.1) is 0 Å². The Balaban J connectivity index is 1.54. The molecule has 0 unspecified atom stereocenters. The van der Waals surface area contributed by atoms with Crippen LogP contribution in [-0.2, 0) is 10.9 Å². The molecule has 262 valence electrons. The third-order valence-corrected chi connectivity index (χ3v) is 9.12. The van der Waals surface area contributed by atoms with Gasteiger partial charge in [-0.25, -0.2) is 9.59 Å². The van der Waals surface area contributed by atoms with Crippen LogP contribution in [0.25, 0.3) is 21.9 Å². The Morgan fingerprint density at radius 1 is 0.980 bits per heavy atom. The first-order chi connectivity index (χ1) is 23.4. The number of hydrogen-bond acceptors (Lipinski definition) is 10. The lowest BCUT2D eigenvalue weighted by Gasteiger charge is -2.31. The van der Waals surface area contributed by atoms with E-state index in [1.54, 1.807) is 6.07 Å². The van der Waals surface area contributed by atoms with Gasteiger partial charge in [-0.15, -0.1) is 11.6 Å². The molecular weight excluding hydrogens is 677 g/mol. The lowest BCUT2D eigenvalue weighted by atomic mass is 9.95. The molecule has 2 aliphatic heterocycles. The van der Waals surface area contributed by atoms with Gasteiger partial charge in [0.15, 0.2) is 22.8 Å². The van der Waals surface area contributed by atoms with Gasteiger partial charge in [0.2, 0.25) is 11.5 Å². The molecule has 49 heavy (non-hydrogen) atoms. The van der Waals surface area contributed by atoms with Gasteiger partial charge in [0, 0.05) is 61.4 Å². The lowest BCUT2D eigenvalue weighted by molar-refractivity contribution is -0.141. The number of aromatic nitrogens is 1. The number of nitrogens with zero attached hydrogens (tertiary/aromatic N) is 3. The highest BCUT2D eigenvalue weighted by Gasteiger charge is 2.44. The molecule has 1 atom stereocenters. The van der Waals surface area contributed by atoms with Gasteiger partial charge < -0.3 is 47.8 Å². The average molecular weight is 709 g/mol. The number of benzene rings is 2. The van der Waals surface area contributed by atoms with E-state index in [0.29, 0.717) is 37.3 Å². The summed E-state index contributed by atoms with van der Waals surface area (Å²) in [5, 5.41) is 0.219. The minimum atomic E-state index is -5.03. The van der Waals surface area contributed by atoms with Crippen molar-refractivity contribution >= 4 is 57.1 Å². The number of alkyl halides is 4. The van der Waals surface area contributed by atoms with Gasteiger partial charge in [-0.3, -0.25) is 4.79 Å². The summed E-state index contributed by atoms with van der Waals surface area (Å²) in [7, 11) is 7.09. The number of piperazine rings is 1. The zero-order valence-electron chi connectivity index (χ0n) is 27.1. The van der Waals surface area contributed by atoms with Crippen molar-refractivity contribution in [1.29, 1.82) is 0 Å². The first-order valence-electron chi connectivity index (χ1n) is 15.0. The van der Waals surface area contributed by atoms with Crippen LogP contribution in [0.4, 0.5) is 23.7 Å². The van der Waals surface area contributed by atoms with E-state index in [1.165, 1.54) is 43.3 Å². The molecule has 2 aromatic carbocycles. The maximum atomic E-state index is 14.4. The second-order valence-electron chi connectivity index (χ2n) is 11.5. The average Bonchev–Trinajstić information content (AvgIpc) is 3.80. The molecule has 2 amide bonds. The number of H-pyrrole nitrogens is 1. The number of rotatable bonds is 7. The number of carbonyl (C=O) groups is 3. The number of fused-ring (bicyclic) bond motifs is 4. The van der Waals surface area contributed by atoms with Gasteiger partial charge in [0.1, 0.15) is 5.69 Å². The number of nitrogens with one attached hydrogen (secondary N) is 1. The smallest absolute Gasteiger partial charge is 0.432 e. The van der Waals surface area contributed by atoms with Crippen molar-refractivity contribution in [3.63, 3.8) is 0 Å². The highest BCUT2D eigenvalue weighted by Crippen LogP contribution is 2.50. The number of likely N-dealkylation sites (N-methyl/N-ethyl adjacent to an activating group) is 1. The molecule has 0 bridgehead atoms. The van der Waals surface area contributed by atoms with Crippen LogP contribution in [0.2, 0.25) is 0 Å². The maximum Gasteiger partial charge on any atom is 0.432 e. The predicted octanol–water partition coefficient (Wildman–Crippen LogP) is 5.47. The fraction of sp³-hybridized carbons (Fsp3) is 0.406. The number of hydrogen-bond donors (Lipinski definition) is 1. The van der Waals surface area contributed by atoms with Gasteiger partial charge in [-0.1, -0.05) is 0 Å². The number of anilines is 1. The summed E-state index contributed by atoms with van der Waals surface area (Å²) < 4.78 is 76.2. The number of halogens is 4. The SMILES string of the molecule is COC(=O)c1c(C(F)(F)F)[nH]c2c(OC(=O)N3CCN(C)CC3)cc3c(c12)[C@H](CCl)CN3C(=O)c1cc2cc(OC)c(OC)c(OC)c2o1. The van der Waals surface area contributed by atoms with Crippen LogP contribution in [0.1, 0.15) is 38.1 Å². The fourth-order valence-electron chi connectivity index (χ4n) is 6.35. The standard InChI is InChI=1S/C32H32ClF3N4O9/c1-38-6-8-39(9-7-38)31(43)49-18-12-17-21(22-23(30(42)47-5)28(32(34,35)36)37-24(18)22)16(13-33)14-40(17)29(41)20-11-15-10-19(44-2)26(45-3)27(46-4)25(15)48-20/h10-12,16,37H,6-9,13-14H2,1-5H3/t16-/m1/s1. The van der Waals surface area contributed by atoms with Crippen molar-refractivity contribution < 1.29 is 55.7 Å². The zero-order valence-corrected chi connectivity index (χ0v) is 27.8. The molecule has 2 aromatic heterocycles. The molecular formula is C32H32ClF3N4O9. The van der Waals surface area contributed by atoms with Crippen LogP contribution in [0.5, 0.6) is 23.0 Å². The number of esters is 1. The van der Waals surface area contributed by atoms with Gasteiger partial charge in [0.25, 0.3) is 5.91 Å². The first-order valence-corrected chi connectivity index (χ1v) is 15.5. The zero-order chi connectivity index (χ0) is 35.4. The predicted molar refractivity (Wildman–Crippen MR) is 171 cm³/mol. The molecule has 2 aliphatic rings. The van der Waals surface area contributed by atoms with Gasteiger partial charge in [0.05, 0.1) is 45.2 Å². The van der Waals surface area contributed by atoms with Crippen molar-refractivity contribution in [1.82, 2.24) is 14.8 Å². The summed E-state index contributed by atoms with van der Waals surface area (Å²) in [4.78, 5) is 47.6. The molecule has 1 N–H and O–H groups in total. The summed E-state index contributed by atoms with van der Waals surface area (Å²) in [6.45, 7) is 1.65. The summed E-state index contributed by atoms with van der Waals surface area (Å²) >= 11 is 6.37. The van der Waals surface area contributed by atoms with E-state index in [0.717, 1.165) is 7.11 Å². The molecule has 1 saturated heterocycles. The number of carbonyl (C=O) groups excluding carboxylic acids is 3. The molecule has 0 radical (unpaired) electrons.